The van der Waals surface area contributed by atoms with Crippen LogP contribution in [-0.2, 0) is 4.79 Å². The van der Waals surface area contributed by atoms with E-state index in [1.165, 1.54) is 12.1 Å². The summed E-state index contributed by atoms with van der Waals surface area (Å²) in [7, 11) is 0. The molecule has 0 bridgehead atoms. The molecular formula is C19H28FN3O2. The quantitative estimate of drug-likeness (QED) is 0.824. The summed E-state index contributed by atoms with van der Waals surface area (Å²) in [6, 6.07) is 5.63. The fourth-order valence-electron chi connectivity index (χ4n) is 3.02. The van der Waals surface area contributed by atoms with Gasteiger partial charge in [0.15, 0.2) is 0 Å². The minimum atomic E-state index is -0.320. The number of benzene rings is 1. The topological polar surface area (TPSA) is 61.4 Å². The maximum atomic E-state index is 12.9. The number of carbonyl (C=O) groups is 2. The van der Waals surface area contributed by atoms with E-state index < -0.39 is 0 Å². The van der Waals surface area contributed by atoms with Crippen molar-refractivity contribution in [2.24, 2.45) is 11.8 Å². The molecule has 2 N–H and O–H groups in total. The average molecular weight is 349 g/mol. The third kappa shape index (κ3) is 6.72. The molecule has 2 rings (SSSR count). The van der Waals surface area contributed by atoms with Gasteiger partial charge in [0.25, 0.3) is 0 Å². The third-order valence-corrected chi connectivity index (χ3v) is 4.47. The molecule has 0 atom stereocenters. The lowest BCUT2D eigenvalue weighted by molar-refractivity contribution is -0.121. The lowest BCUT2D eigenvalue weighted by Crippen LogP contribution is -2.41. The summed E-state index contributed by atoms with van der Waals surface area (Å²) in [5, 5.41) is 5.76. The van der Waals surface area contributed by atoms with E-state index in [1.807, 2.05) is 13.8 Å². The lowest BCUT2D eigenvalue weighted by Gasteiger charge is -2.32. The molecule has 0 aliphatic carbocycles. The van der Waals surface area contributed by atoms with Crippen LogP contribution in [-0.4, -0.2) is 36.5 Å². The molecule has 1 aromatic carbocycles. The van der Waals surface area contributed by atoms with E-state index in [4.69, 9.17) is 0 Å². The predicted octanol–water partition coefficient (Wildman–Crippen LogP) is 3.62. The average Bonchev–Trinajstić information content (AvgIpc) is 2.57. The molecule has 0 spiro atoms. The van der Waals surface area contributed by atoms with Crippen LogP contribution < -0.4 is 10.6 Å². The number of amides is 3. The zero-order valence-corrected chi connectivity index (χ0v) is 15.1. The first-order valence-electron chi connectivity index (χ1n) is 9.02. The Morgan fingerprint density at radius 1 is 1.20 bits per heavy atom. The monoisotopic (exact) mass is 349 g/mol. The van der Waals surface area contributed by atoms with Crippen LogP contribution in [0.4, 0.5) is 14.9 Å². The van der Waals surface area contributed by atoms with Crippen LogP contribution in [0, 0.1) is 17.7 Å². The first-order valence-corrected chi connectivity index (χ1v) is 9.02. The van der Waals surface area contributed by atoms with Crippen molar-refractivity contribution in [3.05, 3.63) is 30.1 Å². The fraction of sp³-hybridized carbons (Fsp3) is 0.579. The second-order valence-corrected chi connectivity index (χ2v) is 7.10. The highest BCUT2D eigenvalue weighted by molar-refractivity contribution is 5.89. The van der Waals surface area contributed by atoms with Crippen LogP contribution in [0.25, 0.3) is 0 Å². The molecule has 1 heterocycles. The van der Waals surface area contributed by atoms with Crippen molar-refractivity contribution >= 4 is 17.6 Å². The van der Waals surface area contributed by atoms with E-state index in [0.29, 0.717) is 43.6 Å². The second-order valence-electron chi connectivity index (χ2n) is 7.10. The summed E-state index contributed by atoms with van der Waals surface area (Å²) in [6.07, 6.45) is 3.41. The number of nitrogens with zero attached hydrogens (tertiary/aromatic N) is 1. The Hall–Kier alpha value is -2.11. The second kappa shape index (κ2) is 9.39. The molecule has 1 aromatic rings. The number of nitrogens with one attached hydrogen (secondary N) is 2. The van der Waals surface area contributed by atoms with E-state index in [0.717, 1.165) is 19.3 Å². The van der Waals surface area contributed by atoms with Gasteiger partial charge in [-0.2, -0.15) is 0 Å². The van der Waals surface area contributed by atoms with Gasteiger partial charge in [0, 0.05) is 31.7 Å². The Morgan fingerprint density at radius 3 is 2.44 bits per heavy atom. The highest BCUT2D eigenvalue weighted by atomic mass is 19.1. The van der Waals surface area contributed by atoms with Gasteiger partial charge in [-0.1, -0.05) is 13.8 Å². The van der Waals surface area contributed by atoms with E-state index in [2.05, 4.69) is 10.6 Å². The lowest BCUT2D eigenvalue weighted by atomic mass is 9.93. The molecule has 0 radical (unpaired) electrons. The van der Waals surface area contributed by atoms with Crippen molar-refractivity contribution in [2.75, 3.05) is 25.0 Å². The highest BCUT2D eigenvalue weighted by Crippen LogP contribution is 2.21. The molecule has 25 heavy (non-hydrogen) atoms. The van der Waals surface area contributed by atoms with E-state index in [9.17, 15) is 14.0 Å². The molecule has 1 aliphatic rings. The highest BCUT2D eigenvalue weighted by Gasteiger charge is 2.22. The third-order valence-electron chi connectivity index (χ3n) is 4.47. The summed E-state index contributed by atoms with van der Waals surface area (Å²) < 4.78 is 12.9. The van der Waals surface area contributed by atoms with Gasteiger partial charge in [-0.05, 0) is 55.4 Å². The summed E-state index contributed by atoms with van der Waals surface area (Å²) in [4.78, 5) is 25.7. The van der Waals surface area contributed by atoms with Crippen LogP contribution in [0.15, 0.2) is 24.3 Å². The number of piperidine rings is 1. The van der Waals surface area contributed by atoms with Gasteiger partial charge >= 0.3 is 6.03 Å². The summed E-state index contributed by atoms with van der Waals surface area (Å²) >= 11 is 0. The molecule has 0 aromatic heterocycles. The Morgan fingerprint density at radius 2 is 1.84 bits per heavy atom. The summed E-state index contributed by atoms with van der Waals surface area (Å²) in [5.41, 5.74) is 0.599. The molecule has 3 amide bonds. The molecule has 0 saturated carbocycles. The van der Waals surface area contributed by atoms with Gasteiger partial charge in [-0.25, -0.2) is 9.18 Å². The van der Waals surface area contributed by atoms with Gasteiger partial charge in [0.1, 0.15) is 5.82 Å². The van der Waals surface area contributed by atoms with Crippen molar-refractivity contribution in [1.82, 2.24) is 10.2 Å². The maximum Gasteiger partial charge on any atom is 0.321 e. The van der Waals surface area contributed by atoms with Crippen LogP contribution in [0.5, 0.6) is 0 Å². The molecule has 138 valence electrons. The van der Waals surface area contributed by atoms with E-state index in [-0.39, 0.29) is 17.8 Å². The SMILES string of the molecule is CC(C)CC(=O)NCCC1CCN(C(=O)Nc2ccc(F)cc2)CC1. The van der Waals surface area contributed by atoms with Crippen molar-refractivity contribution in [1.29, 1.82) is 0 Å². The standard InChI is InChI=1S/C19H28FN3O2/c1-14(2)13-18(24)21-10-7-15-8-11-23(12-9-15)19(25)22-17-5-3-16(20)4-6-17/h3-6,14-15H,7-13H2,1-2H3,(H,21,24)(H,22,25). The number of hydrogen-bond acceptors (Lipinski definition) is 2. The first-order chi connectivity index (χ1) is 11.9. The number of rotatable bonds is 6. The Labute approximate surface area is 149 Å². The van der Waals surface area contributed by atoms with Crippen LogP contribution in [0.2, 0.25) is 0 Å². The normalized spacial score (nSPS) is 15.3. The Kier molecular flexibility index (Phi) is 7.22. The van der Waals surface area contributed by atoms with E-state index >= 15 is 0 Å². The number of anilines is 1. The zero-order chi connectivity index (χ0) is 18.2. The van der Waals surface area contributed by atoms with Gasteiger partial charge in [-0.15, -0.1) is 0 Å². The van der Waals surface area contributed by atoms with E-state index in [1.54, 1.807) is 17.0 Å². The first kappa shape index (κ1) is 19.2. The Balaban J connectivity index is 1.66. The van der Waals surface area contributed by atoms with Gasteiger partial charge in [-0.3, -0.25) is 4.79 Å². The van der Waals surface area contributed by atoms with Crippen molar-refractivity contribution in [3.8, 4) is 0 Å². The molecule has 1 fully saturated rings. The number of carbonyl (C=O) groups excluding carboxylic acids is 2. The largest absolute Gasteiger partial charge is 0.356 e. The molecular weight excluding hydrogens is 321 g/mol. The van der Waals surface area contributed by atoms with Gasteiger partial charge < -0.3 is 15.5 Å². The van der Waals surface area contributed by atoms with Gasteiger partial charge in [0.2, 0.25) is 5.91 Å². The number of hydrogen-bond donors (Lipinski definition) is 2. The minimum Gasteiger partial charge on any atom is -0.356 e. The van der Waals surface area contributed by atoms with Crippen molar-refractivity contribution in [2.45, 2.75) is 39.5 Å². The molecule has 1 aliphatic heterocycles. The summed E-state index contributed by atoms with van der Waals surface area (Å²) in [5.74, 6) is 0.711. The predicted molar refractivity (Wildman–Crippen MR) is 96.8 cm³/mol. The Bertz CT molecular complexity index is 567. The molecule has 6 heteroatoms. The smallest absolute Gasteiger partial charge is 0.321 e. The number of likely N-dealkylation sites (tertiary alicyclic amines) is 1. The summed E-state index contributed by atoms with van der Waals surface area (Å²) in [6.45, 7) is 6.19. The van der Waals surface area contributed by atoms with Gasteiger partial charge in [0.05, 0.1) is 0 Å². The van der Waals surface area contributed by atoms with Crippen molar-refractivity contribution < 1.29 is 14.0 Å². The maximum absolute atomic E-state index is 12.9. The number of urea groups is 1. The molecule has 0 unspecified atom stereocenters. The minimum absolute atomic E-state index is 0.117. The fourth-order valence-corrected chi connectivity index (χ4v) is 3.02. The van der Waals surface area contributed by atoms with Crippen LogP contribution in [0.1, 0.15) is 39.5 Å². The zero-order valence-electron chi connectivity index (χ0n) is 15.1. The molecule has 5 nitrogen and oxygen atoms in total. The molecule has 1 saturated heterocycles. The van der Waals surface area contributed by atoms with Crippen molar-refractivity contribution in [3.63, 3.8) is 0 Å². The number of halogens is 1. The van der Waals surface area contributed by atoms with Crippen LogP contribution >= 0.6 is 0 Å². The van der Waals surface area contributed by atoms with Crippen LogP contribution in [0.3, 0.4) is 0 Å².